The van der Waals surface area contributed by atoms with Crippen LogP contribution in [-0.2, 0) is 19.3 Å². The maximum absolute atomic E-state index is 3.56. The van der Waals surface area contributed by atoms with Gasteiger partial charge in [-0.1, -0.05) is 39.8 Å². The molecule has 17 heavy (non-hydrogen) atoms. The van der Waals surface area contributed by atoms with Gasteiger partial charge in [-0.3, -0.25) is 0 Å². The van der Waals surface area contributed by atoms with Gasteiger partial charge >= 0.3 is 0 Å². The highest BCUT2D eigenvalue weighted by Crippen LogP contribution is 2.30. The molecule has 0 amide bonds. The van der Waals surface area contributed by atoms with Crippen molar-refractivity contribution in [1.29, 1.82) is 0 Å². The summed E-state index contributed by atoms with van der Waals surface area (Å²) in [5.74, 6) is 0. The Balaban J connectivity index is 2.36. The van der Waals surface area contributed by atoms with Crippen molar-refractivity contribution in [3.05, 3.63) is 40.8 Å². The van der Waals surface area contributed by atoms with E-state index in [2.05, 4.69) is 46.2 Å². The zero-order valence-electron chi connectivity index (χ0n) is 11.7. The second kappa shape index (κ2) is 4.84. The molecule has 1 aliphatic carbocycles. The molecule has 0 bridgehead atoms. The summed E-state index contributed by atoms with van der Waals surface area (Å²) in [6.07, 6.45) is 9.54. The second-order valence-electron chi connectivity index (χ2n) is 6.40. The topological polar surface area (TPSA) is 0 Å². The molecule has 0 heterocycles. The molecule has 0 unspecified atom stereocenters. The lowest BCUT2D eigenvalue weighted by Gasteiger charge is -2.23. The van der Waals surface area contributed by atoms with Crippen LogP contribution >= 0.6 is 0 Å². The summed E-state index contributed by atoms with van der Waals surface area (Å²) in [6.45, 7) is 9.20. The fourth-order valence-corrected chi connectivity index (χ4v) is 2.77. The first-order valence-corrected chi connectivity index (χ1v) is 6.88. The number of benzene rings is 1. The van der Waals surface area contributed by atoms with E-state index >= 15 is 0 Å². The van der Waals surface area contributed by atoms with Gasteiger partial charge in [-0.15, -0.1) is 0 Å². The lowest BCUT2D eigenvalue weighted by Crippen LogP contribution is -2.12. The number of hydrogen-bond acceptors (Lipinski definition) is 0. The van der Waals surface area contributed by atoms with Crippen molar-refractivity contribution in [3.8, 4) is 0 Å². The van der Waals surface area contributed by atoms with Gasteiger partial charge in [0.2, 0.25) is 0 Å². The Morgan fingerprint density at radius 3 is 2.65 bits per heavy atom. The van der Waals surface area contributed by atoms with Crippen molar-refractivity contribution in [2.75, 3.05) is 0 Å². The van der Waals surface area contributed by atoms with Crippen LogP contribution in [0.3, 0.4) is 0 Å². The Morgan fingerprint density at radius 1 is 1.24 bits per heavy atom. The summed E-state index contributed by atoms with van der Waals surface area (Å²) < 4.78 is 0. The highest BCUT2D eigenvalue weighted by Gasteiger charge is 2.17. The number of hydrogen-bond donors (Lipinski definition) is 0. The van der Waals surface area contributed by atoms with Gasteiger partial charge in [-0.25, -0.2) is 0 Å². The number of fused-ring (bicyclic) bond motifs is 1. The van der Waals surface area contributed by atoms with Crippen molar-refractivity contribution in [2.45, 2.75) is 59.8 Å². The van der Waals surface area contributed by atoms with E-state index in [0.717, 1.165) is 19.3 Å². The molecule has 0 heteroatoms. The third-order valence-electron chi connectivity index (χ3n) is 3.44. The minimum Gasteiger partial charge on any atom is -0.0613 e. The molecule has 1 aromatic carbocycles. The quantitative estimate of drug-likeness (QED) is 0.694. The van der Waals surface area contributed by atoms with Crippen molar-refractivity contribution in [1.82, 2.24) is 0 Å². The van der Waals surface area contributed by atoms with Gasteiger partial charge in [0, 0.05) is 6.42 Å². The molecule has 1 aromatic rings. The first-order chi connectivity index (χ1) is 7.99. The van der Waals surface area contributed by atoms with Gasteiger partial charge in [-0.2, -0.15) is 0 Å². The van der Waals surface area contributed by atoms with Crippen molar-refractivity contribution in [3.63, 3.8) is 0 Å². The van der Waals surface area contributed by atoms with Crippen LogP contribution in [0.2, 0.25) is 0 Å². The molecule has 0 N–H and O–H groups in total. The average molecular weight is 228 g/mol. The highest BCUT2D eigenvalue weighted by molar-refractivity contribution is 5.44. The Labute approximate surface area is 106 Å². The van der Waals surface area contributed by atoms with Crippen LogP contribution in [0.4, 0.5) is 0 Å². The van der Waals surface area contributed by atoms with E-state index in [4.69, 9.17) is 0 Å². The highest BCUT2D eigenvalue weighted by atomic mass is 14.2. The van der Waals surface area contributed by atoms with Gasteiger partial charge in [0.15, 0.2) is 0 Å². The predicted octanol–water partition coefficient (Wildman–Crippen LogP) is 4.60. The van der Waals surface area contributed by atoms with Crippen LogP contribution < -0.4 is 0 Å². The van der Waals surface area contributed by atoms with Gasteiger partial charge in [0.25, 0.3) is 0 Å². The van der Waals surface area contributed by atoms with Gasteiger partial charge in [0.05, 0.1) is 0 Å². The van der Waals surface area contributed by atoms with Crippen LogP contribution in [0.15, 0.2) is 12.1 Å². The van der Waals surface area contributed by atoms with E-state index in [9.17, 15) is 0 Å². The predicted molar refractivity (Wildman–Crippen MR) is 74.3 cm³/mol. The Kier molecular flexibility index (Phi) is 3.61. The monoisotopic (exact) mass is 228 g/mol. The zero-order valence-corrected chi connectivity index (χ0v) is 11.7. The smallest absolute Gasteiger partial charge is 0.0168 e. The maximum atomic E-state index is 3.56. The first-order valence-electron chi connectivity index (χ1n) is 6.88. The fraction of sp³-hybridized carbons (Fsp3) is 0.588. The minimum atomic E-state index is 0.369. The molecule has 0 fully saturated rings. The van der Waals surface area contributed by atoms with E-state index in [-0.39, 0.29) is 0 Å². The normalized spacial score (nSPS) is 15.8. The van der Waals surface area contributed by atoms with Gasteiger partial charge < -0.3 is 0 Å². The molecular formula is C17H24. The molecule has 0 aliphatic heterocycles. The molecule has 0 nitrogen and oxygen atoms in total. The second-order valence-corrected chi connectivity index (χ2v) is 6.40. The van der Waals surface area contributed by atoms with Crippen LogP contribution in [0.1, 0.15) is 62.8 Å². The third kappa shape index (κ3) is 3.12. The van der Waals surface area contributed by atoms with Crippen molar-refractivity contribution < 1.29 is 0 Å². The summed E-state index contributed by atoms with van der Waals surface area (Å²) in [5, 5.41) is 0. The lowest BCUT2D eigenvalue weighted by atomic mass is 9.82. The molecule has 0 spiro atoms. The Morgan fingerprint density at radius 2 is 2.00 bits per heavy atom. The molecule has 92 valence electrons. The molecule has 2 radical (unpaired) electrons. The number of aryl methyl sites for hydroxylation is 1. The molecule has 1 aliphatic rings. The zero-order chi connectivity index (χ0) is 12.5. The van der Waals surface area contributed by atoms with Gasteiger partial charge in [0.1, 0.15) is 0 Å². The third-order valence-corrected chi connectivity index (χ3v) is 3.44. The van der Waals surface area contributed by atoms with Crippen LogP contribution in [0, 0.1) is 11.8 Å². The summed E-state index contributed by atoms with van der Waals surface area (Å²) in [7, 11) is 0. The molecule has 2 rings (SSSR count). The van der Waals surface area contributed by atoms with E-state index in [0.29, 0.717) is 5.41 Å². The molecule has 0 aromatic heterocycles. The minimum absolute atomic E-state index is 0.369. The van der Waals surface area contributed by atoms with E-state index in [1.54, 1.807) is 11.1 Å². The SMILES string of the molecule is CCc1cc(CC(C)(C)C)cc2c1CCC[C]2. The van der Waals surface area contributed by atoms with Crippen LogP contribution in [-0.4, -0.2) is 0 Å². The van der Waals surface area contributed by atoms with E-state index in [1.807, 2.05) is 0 Å². The van der Waals surface area contributed by atoms with Gasteiger partial charge in [-0.05, 0) is 59.8 Å². The van der Waals surface area contributed by atoms with Crippen molar-refractivity contribution >= 4 is 0 Å². The fourth-order valence-electron chi connectivity index (χ4n) is 2.77. The molecule has 0 saturated heterocycles. The van der Waals surface area contributed by atoms with Crippen LogP contribution in [0.5, 0.6) is 0 Å². The lowest BCUT2D eigenvalue weighted by molar-refractivity contribution is 0.411. The molecular weight excluding hydrogens is 204 g/mol. The molecule has 0 atom stereocenters. The summed E-state index contributed by atoms with van der Waals surface area (Å²) in [4.78, 5) is 0. The first kappa shape index (κ1) is 12.7. The standard InChI is InChI=1S/C17H24/c1-5-14-10-13(12-17(2,3)4)11-15-8-6-7-9-16(14)15/h10-11H,5-7,9,12H2,1-4H3. The molecule has 0 saturated carbocycles. The summed E-state index contributed by atoms with van der Waals surface area (Å²) in [6, 6.07) is 4.80. The van der Waals surface area contributed by atoms with Crippen LogP contribution in [0.25, 0.3) is 0 Å². The average Bonchev–Trinajstić information content (AvgIpc) is 2.25. The largest absolute Gasteiger partial charge is 0.0613 e. The van der Waals surface area contributed by atoms with E-state index < -0.39 is 0 Å². The van der Waals surface area contributed by atoms with E-state index in [1.165, 1.54) is 24.0 Å². The number of rotatable bonds is 2. The summed E-state index contributed by atoms with van der Waals surface area (Å²) in [5.41, 5.74) is 6.37. The summed E-state index contributed by atoms with van der Waals surface area (Å²) >= 11 is 0. The van der Waals surface area contributed by atoms with Crippen molar-refractivity contribution in [2.24, 2.45) is 5.41 Å². The maximum Gasteiger partial charge on any atom is 0.0168 e. The Hall–Kier alpha value is -0.780. The Bertz CT molecular complexity index is 376.